The van der Waals surface area contributed by atoms with Crippen LogP contribution in [0.15, 0.2) is 24.3 Å². The minimum Gasteiger partial charge on any atom is -0.481 e. The Morgan fingerprint density at radius 3 is 2.68 bits per heavy atom. The fraction of sp³-hybridized carbons (Fsp3) is 0.529. The molecule has 0 bridgehead atoms. The Morgan fingerprint density at radius 2 is 2.09 bits per heavy atom. The summed E-state index contributed by atoms with van der Waals surface area (Å²) in [5.74, 6) is -1.62. The van der Waals surface area contributed by atoms with Crippen LogP contribution < -0.4 is 0 Å². The summed E-state index contributed by atoms with van der Waals surface area (Å²) >= 11 is 0. The lowest BCUT2D eigenvalue weighted by atomic mass is 10.1. The van der Waals surface area contributed by atoms with Crippen LogP contribution in [0.5, 0.6) is 0 Å². The zero-order chi connectivity index (χ0) is 16.5. The largest absolute Gasteiger partial charge is 0.481 e. The van der Waals surface area contributed by atoms with Crippen LogP contribution in [-0.4, -0.2) is 48.2 Å². The van der Waals surface area contributed by atoms with Crippen molar-refractivity contribution in [3.05, 3.63) is 35.4 Å². The van der Waals surface area contributed by atoms with Crippen LogP contribution in [-0.2, 0) is 9.53 Å². The highest BCUT2D eigenvalue weighted by Crippen LogP contribution is 2.11. The highest BCUT2D eigenvalue weighted by Gasteiger charge is 2.21. The summed E-state index contributed by atoms with van der Waals surface area (Å²) in [5.41, 5.74) is 1.60. The van der Waals surface area contributed by atoms with Crippen LogP contribution in [0.4, 0.5) is 0 Å². The van der Waals surface area contributed by atoms with E-state index >= 15 is 0 Å². The molecule has 5 nitrogen and oxygen atoms in total. The van der Waals surface area contributed by atoms with E-state index in [1.807, 2.05) is 32.0 Å². The number of aryl methyl sites for hydroxylation is 1. The molecule has 0 aliphatic rings. The van der Waals surface area contributed by atoms with Gasteiger partial charge >= 0.3 is 5.97 Å². The summed E-state index contributed by atoms with van der Waals surface area (Å²) in [5, 5.41) is 9.07. The van der Waals surface area contributed by atoms with E-state index in [-0.39, 0.29) is 12.5 Å². The molecule has 1 aromatic rings. The third-order valence-corrected chi connectivity index (χ3v) is 3.39. The minimum atomic E-state index is -0.896. The van der Waals surface area contributed by atoms with Gasteiger partial charge in [0, 0.05) is 31.9 Å². The molecule has 0 heterocycles. The van der Waals surface area contributed by atoms with E-state index in [9.17, 15) is 9.59 Å². The molecule has 0 saturated carbocycles. The third kappa shape index (κ3) is 5.85. The van der Waals surface area contributed by atoms with E-state index in [0.717, 1.165) is 5.56 Å². The van der Waals surface area contributed by atoms with Gasteiger partial charge < -0.3 is 14.7 Å². The van der Waals surface area contributed by atoms with Gasteiger partial charge in [0.05, 0.1) is 5.92 Å². The number of nitrogens with zero attached hydrogens (tertiary/aromatic N) is 1. The maximum Gasteiger partial charge on any atom is 0.308 e. The van der Waals surface area contributed by atoms with Crippen molar-refractivity contribution in [1.82, 2.24) is 4.90 Å². The van der Waals surface area contributed by atoms with Gasteiger partial charge in [-0.25, -0.2) is 0 Å². The van der Waals surface area contributed by atoms with Gasteiger partial charge in [-0.15, -0.1) is 0 Å². The average Bonchev–Trinajstić information content (AvgIpc) is 2.49. The second-order valence-electron chi connectivity index (χ2n) is 5.41. The maximum atomic E-state index is 12.6. The molecule has 1 amide bonds. The first kappa shape index (κ1) is 18.2. The Morgan fingerprint density at radius 1 is 1.36 bits per heavy atom. The molecule has 0 fully saturated rings. The smallest absolute Gasteiger partial charge is 0.308 e. The monoisotopic (exact) mass is 307 g/mol. The summed E-state index contributed by atoms with van der Waals surface area (Å²) in [6.45, 7) is 7.35. The molecule has 1 unspecified atom stereocenters. The second-order valence-corrected chi connectivity index (χ2v) is 5.41. The molecule has 0 aliphatic heterocycles. The third-order valence-electron chi connectivity index (χ3n) is 3.39. The number of carbonyl (C=O) groups is 2. The lowest BCUT2D eigenvalue weighted by molar-refractivity contribution is -0.141. The zero-order valence-electron chi connectivity index (χ0n) is 13.5. The number of carbonyl (C=O) groups excluding carboxylic acids is 1. The lowest BCUT2D eigenvalue weighted by Crippen LogP contribution is -2.38. The predicted molar refractivity (Wildman–Crippen MR) is 85.0 cm³/mol. The molecular weight excluding hydrogens is 282 g/mol. The number of benzene rings is 1. The van der Waals surface area contributed by atoms with Crippen molar-refractivity contribution in [3.63, 3.8) is 0 Å². The molecule has 0 spiro atoms. The number of amides is 1. The molecule has 0 aromatic heterocycles. The van der Waals surface area contributed by atoms with Crippen molar-refractivity contribution < 1.29 is 19.4 Å². The number of hydrogen-bond acceptors (Lipinski definition) is 3. The first-order chi connectivity index (χ1) is 10.5. The van der Waals surface area contributed by atoms with E-state index in [1.165, 1.54) is 0 Å². The fourth-order valence-electron chi connectivity index (χ4n) is 2.15. The molecule has 5 heteroatoms. The Balaban J connectivity index is 2.78. The highest BCUT2D eigenvalue weighted by molar-refractivity contribution is 5.94. The molecule has 0 saturated heterocycles. The molecule has 0 aliphatic carbocycles. The number of carboxylic acids is 1. The molecule has 22 heavy (non-hydrogen) atoms. The first-order valence-corrected chi connectivity index (χ1v) is 7.62. The van der Waals surface area contributed by atoms with E-state index in [0.29, 0.717) is 31.7 Å². The van der Waals surface area contributed by atoms with Gasteiger partial charge in [-0.2, -0.15) is 0 Å². The van der Waals surface area contributed by atoms with Gasteiger partial charge in [-0.1, -0.05) is 24.6 Å². The molecule has 1 N–H and O–H groups in total. The van der Waals surface area contributed by atoms with E-state index in [1.54, 1.807) is 17.9 Å². The van der Waals surface area contributed by atoms with Crippen molar-refractivity contribution in [2.24, 2.45) is 5.92 Å². The highest BCUT2D eigenvalue weighted by atomic mass is 16.5. The number of ether oxygens (including phenoxy) is 1. The standard InChI is InChI=1S/C17H25NO4/c1-4-22-10-6-9-18(12-14(3)17(20)21)16(19)15-8-5-7-13(2)11-15/h5,7-8,11,14H,4,6,9-10,12H2,1-3H3,(H,20,21). The van der Waals surface area contributed by atoms with Crippen LogP contribution in [0.1, 0.15) is 36.2 Å². The maximum absolute atomic E-state index is 12.6. The van der Waals surface area contributed by atoms with Crippen LogP contribution in [0, 0.1) is 12.8 Å². The minimum absolute atomic E-state index is 0.131. The Kier molecular flexibility index (Phi) is 7.60. The van der Waals surface area contributed by atoms with Gasteiger partial charge in [0.2, 0.25) is 0 Å². The molecule has 1 rings (SSSR count). The van der Waals surface area contributed by atoms with Crippen molar-refractivity contribution in [3.8, 4) is 0 Å². The van der Waals surface area contributed by atoms with Gasteiger partial charge in [0.15, 0.2) is 0 Å². The van der Waals surface area contributed by atoms with E-state index in [4.69, 9.17) is 9.84 Å². The van der Waals surface area contributed by atoms with Gasteiger partial charge in [-0.3, -0.25) is 9.59 Å². The number of rotatable bonds is 9. The van der Waals surface area contributed by atoms with Crippen LogP contribution in [0.2, 0.25) is 0 Å². The van der Waals surface area contributed by atoms with Crippen molar-refractivity contribution in [2.45, 2.75) is 27.2 Å². The normalized spacial score (nSPS) is 12.0. The van der Waals surface area contributed by atoms with Gasteiger partial charge in [0.25, 0.3) is 5.91 Å². The molecular formula is C17H25NO4. The Hall–Kier alpha value is -1.88. The van der Waals surface area contributed by atoms with Crippen LogP contribution in [0.25, 0.3) is 0 Å². The molecule has 0 radical (unpaired) electrons. The molecule has 1 atom stereocenters. The SMILES string of the molecule is CCOCCCN(CC(C)C(=O)O)C(=O)c1cccc(C)c1. The molecule has 1 aromatic carbocycles. The number of hydrogen-bond donors (Lipinski definition) is 1. The van der Waals surface area contributed by atoms with Crippen molar-refractivity contribution >= 4 is 11.9 Å². The summed E-state index contributed by atoms with van der Waals surface area (Å²) in [6, 6.07) is 7.34. The Labute approximate surface area is 131 Å². The Bertz CT molecular complexity index is 501. The molecule has 122 valence electrons. The summed E-state index contributed by atoms with van der Waals surface area (Å²) < 4.78 is 5.29. The summed E-state index contributed by atoms with van der Waals surface area (Å²) in [4.78, 5) is 25.3. The van der Waals surface area contributed by atoms with Crippen molar-refractivity contribution in [2.75, 3.05) is 26.3 Å². The lowest BCUT2D eigenvalue weighted by Gasteiger charge is -2.25. The zero-order valence-corrected chi connectivity index (χ0v) is 13.5. The average molecular weight is 307 g/mol. The van der Waals surface area contributed by atoms with Gasteiger partial charge in [0.1, 0.15) is 0 Å². The number of aliphatic carboxylic acids is 1. The predicted octanol–water partition coefficient (Wildman–Crippen LogP) is 2.58. The summed E-state index contributed by atoms with van der Waals surface area (Å²) in [7, 11) is 0. The van der Waals surface area contributed by atoms with E-state index < -0.39 is 11.9 Å². The first-order valence-electron chi connectivity index (χ1n) is 7.62. The van der Waals surface area contributed by atoms with Crippen LogP contribution in [0.3, 0.4) is 0 Å². The number of carboxylic acid groups (broad SMARTS) is 1. The van der Waals surface area contributed by atoms with Crippen LogP contribution >= 0.6 is 0 Å². The summed E-state index contributed by atoms with van der Waals surface area (Å²) in [6.07, 6.45) is 0.692. The van der Waals surface area contributed by atoms with Crippen molar-refractivity contribution in [1.29, 1.82) is 0 Å². The fourth-order valence-corrected chi connectivity index (χ4v) is 2.15. The topological polar surface area (TPSA) is 66.8 Å². The van der Waals surface area contributed by atoms with Gasteiger partial charge in [-0.05, 0) is 32.4 Å². The van der Waals surface area contributed by atoms with E-state index in [2.05, 4.69) is 0 Å². The second kappa shape index (κ2) is 9.20. The quantitative estimate of drug-likeness (QED) is 0.712.